The normalized spacial score (nSPS) is 16.8. The number of nitrogens with zero attached hydrogens (tertiary/aromatic N) is 2. The molecule has 2 aromatic rings. The van der Waals surface area contributed by atoms with Gasteiger partial charge in [-0.25, -0.2) is 0 Å². The van der Waals surface area contributed by atoms with Crippen molar-refractivity contribution in [1.29, 1.82) is 0 Å². The zero-order chi connectivity index (χ0) is 17.2. The molecule has 6 nitrogen and oxygen atoms in total. The standard InChI is InChI=1S/C19H25N3O3/c1-22(12-15-9-16(21-20-15)13-4-5-13)11-14-8-18-19(10-17(14)23-2)25-7-3-6-24-18/h8-10,13H,3-7,11-12H2,1-2H3,(H,20,21). The fourth-order valence-electron chi connectivity index (χ4n) is 3.23. The molecule has 2 heterocycles. The van der Waals surface area contributed by atoms with E-state index in [1.807, 2.05) is 12.1 Å². The summed E-state index contributed by atoms with van der Waals surface area (Å²) in [7, 11) is 3.79. The van der Waals surface area contributed by atoms with Crippen LogP contribution in [-0.2, 0) is 13.1 Å². The van der Waals surface area contributed by atoms with E-state index in [0.29, 0.717) is 19.1 Å². The van der Waals surface area contributed by atoms with E-state index >= 15 is 0 Å². The summed E-state index contributed by atoms with van der Waals surface area (Å²) in [5.41, 5.74) is 3.45. The smallest absolute Gasteiger partial charge is 0.164 e. The van der Waals surface area contributed by atoms with Gasteiger partial charge in [-0.1, -0.05) is 0 Å². The lowest BCUT2D eigenvalue weighted by Crippen LogP contribution is -2.18. The maximum absolute atomic E-state index is 5.81. The molecule has 0 atom stereocenters. The van der Waals surface area contributed by atoms with Gasteiger partial charge in [0.2, 0.25) is 0 Å². The van der Waals surface area contributed by atoms with Gasteiger partial charge < -0.3 is 14.2 Å². The SMILES string of the molecule is COc1cc2c(cc1CN(C)Cc1cc(C3CC3)n[nH]1)OCCCO2. The van der Waals surface area contributed by atoms with Crippen molar-refractivity contribution in [3.8, 4) is 17.2 Å². The van der Waals surface area contributed by atoms with Gasteiger partial charge in [0.1, 0.15) is 5.75 Å². The summed E-state index contributed by atoms with van der Waals surface area (Å²) in [6.07, 6.45) is 3.44. The van der Waals surface area contributed by atoms with Gasteiger partial charge in [-0.3, -0.25) is 10.00 Å². The highest BCUT2D eigenvalue weighted by molar-refractivity contribution is 5.51. The molecule has 0 spiro atoms. The molecule has 0 unspecified atom stereocenters. The number of rotatable bonds is 6. The minimum absolute atomic E-state index is 0.678. The van der Waals surface area contributed by atoms with Crippen LogP contribution in [0.5, 0.6) is 17.2 Å². The predicted octanol–water partition coefficient (Wildman–Crippen LogP) is 3.09. The number of ether oxygens (including phenoxy) is 3. The van der Waals surface area contributed by atoms with Gasteiger partial charge in [0.05, 0.1) is 26.0 Å². The Kier molecular flexibility index (Phi) is 4.53. The molecule has 1 fully saturated rings. The third-order valence-electron chi connectivity index (χ3n) is 4.68. The van der Waals surface area contributed by atoms with Gasteiger partial charge in [0.15, 0.2) is 11.5 Å². The summed E-state index contributed by atoms with van der Waals surface area (Å²) < 4.78 is 17.1. The number of H-pyrrole nitrogens is 1. The summed E-state index contributed by atoms with van der Waals surface area (Å²) >= 11 is 0. The Hall–Kier alpha value is -2.21. The molecule has 4 rings (SSSR count). The molecule has 0 bridgehead atoms. The Morgan fingerprint density at radius 1 is 1.16 bits per heavy atom. The first-order valence-electron chi connectivity index (χ1n) is 8.92. The van der Waals surface area contributed by atoms with Crippen LogP contribution in [0, 0.1) is 0 Å². The van der Waals surface area contributed by atoms with Crippen molar-refractivity contribution in [2.75, 3.05) is 27.4 Å². The van der Waals surface area contributed by atoms with Crippen LogP contribution in [0.25, 0.3) is 0 Å². The third kappa shape index (κ3) is 3.74. The van der Waals surface area contributed by atoms with Gasteiger partial charge in [0.25, 0.3) is 0 Å². The van der Waals surface area contributed by atoms with Crippen molar-refractivity contribution in [3.05, 3.63) is 35.2 Å². The highest BCUT2D eigenvalue weighted by atomic mass is 16.5. The van der Waals surface area contributed by atoms with Crippen LogP contribution in [0.1, 0.15) is 42.1 Å². The Morgan fingerprint density at radius 3 is 2.64 bits per heavy atom. The van der Waals surface area contributed by atoms with Crippen LogP contribution in [0.15, 0.2) is 18.2 Å². The van der Waals surface area contributed by atoms with Crippen molar-refractivity contribution in [2.45, 2.75) is 38.3 Å². The van der Waals surface area contributed by atoms with Crippen molar-refractivity contribution in [2.24, 2.45) is 0 Å². The molecule has 1 aromatic heterocycles. The van der Waals surface area contributed by atoms with Gasteiger partial charge >= 0.3 is 0 Å². The first-order chi connectivity index (χ1) is 12.2. The van der Waals surface area contributed by atoms with Crippen molar-refractivity contribution in [3.63, 3.8) is 0 Å². The minimum atomic E-state index is 0.678. The highest BCUT2D eigenvalue weighted by Gasteiger charge is 2.26. The van der Waals surface area contributed by atoms with Crippen molar-refractivity contribution >= 4 is 0 Å². The van der Waals surface area contributed by atoms with Crippen LogP contribution in [0.4, 0.5) is 0 Å². The zero-order valence-corrected chi connectivity index (χ0v) is 14.9. The number of nitrogens with one attached hydrogen (secondary N) is 1. The molecule has 1 saturated carbocycles. The van der Waals surface area contributed by atoms with E-state index in [2.05, 4.69) is 28.2 Å². The Labute approximate surface area is 148 Å². The van der Waals surface area contributed by atoms with Crippen LogP contribution < -0.4 is 14.2 Å². The van der Waals surface area contributed by atoms with E-state index in [4.69, 9.17) is 14.2 Å². The average Bonchev–Trinajstić information content (AvgIpc) is 3.39. The topological polar surface area (TPSA) is 59.6 Å². The maximum Gasteiger partial charge on any atom is 0.164 e. The van der Waals surface area contributed by atoms with Gasteiger partial charge in [-0.2, -0.15) is 5.10 Å². The minimum Gasteiger partial charge on any atom is -0.496 e. The van der Waals surface area contributed by atoms with E-state index in [1.54, 1.807) is 7.11 Å². The first kappa shape index (κ1) is 16.3. The lowest BCUT2D eigenvalue weighted by molar-refractivity contribution is 0.296. The summed E-state index contributed by atoms with van der Waals surface area (Å²) in [4.78, 5) is 2.24. The molecule has 1 aromatic carbocycles. The van der Waals surface area contributed by atoms with Gasteiger partial charge in [-0.15, -0.1) is 0 Å². The molecule has 1 aliphatic carbocycles. The van der Waals surface area contributed by atoms with E-state index in [-0.39, 0.29) is 0 Å². The van der Waals surface area contributed by atoms with E-state index < -0.39 is 0 Å². The van der Waals surface area contributed by atoms with Crippen molar-refractivity contribution in [1.82, 2.24) is 15.1 Å². The monoisotopic (exact) mass is 343 g/mol. The number of hydrogen-bond donors (Lipinski definition) is 1. The number of hydrogen-bond acceptors (Lipinski definition) is 5. The molecule has 6 heteroatoms. The van der Waals surface area contributed by atoms with Crippen LogP contribution in [0.3, 0.4) is 0 Å². The van der Waals surface area contributed by atoms with E-state index in [0.717, 1.165) is 48.0 Å². The second-order valence-electron chi connectivity index (χ2n) is 6.93. The molecule has 2 aliphatic rings. The molecule has 1 N–H and O–H groups in total. The number of benzene rings is 1. The molecule has 1 aliphatic heterocycles. The maximum atomic E-state index is 5.81. The fourth-order valence-corrected chi connectivity index (χ4v) is 3.23. The van der Waals surface area contributed by atoms with Crippen LogP contribution >= 0.6 is 0 Å². The molecule has 0 amide bonds. The second kappa shape index (κ2) is 6.96. The Bertz CT molecular complexity index is 740. The quantitative estimate of drug-likeness (QED) is 0.873. The van der Waals surface area contributed by atoms with Gasteiger partial charge in [0, 0.05) is 42.8 Å². The Morgan fingerprint density at radius 2 is 1.92 bits per heavy atom. The van der Waals surface area contributed by atoms with Crippen LogP contribution in [-0.4, -0.2) is 42.5 Å². The summed E-state index contributed by atoms with van der Waals surface area (Å²) in [5, 5.41) is 7.59. The summed E-state index contributed by atoms with van der Waals surface area (Å²) in [6.45, 7) is 2.94. The zero-order valence-electron chi connectivity index (χ0n) is 14.9. The third-order valence-corrected chi connectivity index (χ3v) is 4.68. The second-order valence-corrected chi connectivity index (χ2v) is 6.93. The van der Waals surface area contributed by atoms with Crippen LogP contribution in [0.2, 0.25) is 0 Å². The fraction of sp³-hybridized carbons (Fsp3) is 0.526. The molecule has 25 heavy (non-hydrogen) atoms. The highest BCUT2D eigenvalue weighted by Crippen LogP contribution is 2.39. The Balaban J connectivity index is 1.47. The molecule has 134 valence electrons. The molecular formula is C19H25N3O3. The van der Waals surface area contributed by atoms with E-state index in [9.17, 15) is 0 Å². The molecule has 0 radical (unpaired) electrons. The average molecular weight is 343 g/mol. The lowest BCUT2D eigenvalue weighted by atomic mass is 10.1. The number of methoxy groups -OCH3 is 1. The first-order valence-corrected chi connectivity index (χ1v) is 8.92. The summed E-state index contributed by atoms with van der Waals surface area (Å²) in [5.74, 6) is 3.08. The number of aromatic amines is 1. The number of aromatic nitrogens is 2. The van der Waals surface area contributed by atoms with E-state index in [1.165, 1.54) is 18.5 Å². The largest absolute Gasteiger partial charge is 0.496 e. The molecule has 0 saturated heterocycles. The summed E-state index contributed by atoms with van der Waals surface area (Å²) in [6, 6.07) is 6.17. The van der Waals surface area contributed by atoms with Crippen molar-refractivity contribution < 1.29 is 14.2 Å². The molecular weight excluding hydrogens is 318 g/mol. The number of fused-ring (bicyclic) bond motifs is 1. The lowest BCUT2D eigenvalue weighted by Gasteiger charge is -2.19. The van der Waals surface area contributed by atoms with Gasteiger partial charge in [-0.05, 0) is 32.0 Å². The predicted molar refractivity (Wildman–Crippen MR) is 94.3 cm³/mol.